The Morgan fingerprint density at radius 1 is 1.43 bits per heavy atom. The summed E-state index contributed by atoms with van der Waals surface area (Å²) in [6.45, 7) is 0.288. The second-order valence-electron chi connectivity index (χ2n) is 4.74. The molecule has 1 amide bonds. The van der Waals surface area contributed by atoms with Crippen LogP contribution in [0.4, 0.5) is 4.39 Å². The van der Waals surface area contributed by atoms with Crippen molar-refractivity contribution < 1.29 is 23.8 Å². The molecule has 1 fully saturated rings. The monoisotopic (exact) mass is 313 g/mol. The number of rotatable bonds is 5. The van der Waals surface area contributed by atoms with Gasteiger partial charge in [-0.15, -0.1) is 11.8 Å². The number of hydrogen-bond donors (Lipinski definition) is 1. The first-order chi connectivity index (χ1) is 10.0. The summed E-state index contributed by atoms with van der Waals surface area (Å²) >= 11 is 1.26. The Labute approximate surface area is 126 Å². The number of benzene rings is 1. The maximum atomic E-state index is 12.8. The molecule has 2 rings (SSSR count). The third-order valence-electron chi connectivity index (χ3n) is 3.38. The van der Waals surface area contributed by atoms with E-state index in [1.54, 1.807) is 12.1 Å². The summed E-state index contributed by atoms with van der Waals surface area (Å²) in [4.78, 5) is 25.5. The summed E-state index contributed by atoms with van der Waals surface area (Å²) in [5, 5.41) is 9.16. The molecule has 5 nitrogen and oxygen atoms in total. The highest BCUT2D eigenvalue weighted by Crippen LogP contribution is 2.24. The lowest BCUT2D eigenvalue weighted by Gasteiger charge is -2.21. The van der Waals surface area contributed by atoms with Gasteiger partial charge in [-0.25, -0.2) is 9.18 Å². The van der Waals surface area contributed by atoms with Crippen molar-refractivity contribution in [2.24, 2.45) is 0 Å². The van der Waals surface area contributed by atoms with Crippen molar-refractivity contribution in [3.63, 3.8) is 0 Å². The average molecular weight is 313 g/mol. The van der Waals surface area contributed by atoms with Gasteiger partial charge in [-0.3, -0.25) is 4.79 Å². The summed E-state index contributed by atoms with van der Waals surface area (Å²) in [5.74, 6) is -1.49. The van der Waals surface area contributed by atoms with Crippen LogP contribution >= 0.6 is 11.8 Å². The fraction of sp³-hybridized carbons (Fsp3) is 0.429. The van der Waals surface area contributed by atoms with E-state index < -0.39 is 12.0 Å². The first-order valence-electron chi connectivity index (χ1n) is 6.44. The minimum atomic E-state index is -1.02. The van der Waals surface area contributed by atoms with Crippen LogP contribution in [-0.2, 0) is 14.3 Å². The molecular weight excluding hydrogens is 297 g/mol. The van der Waals surface area contributed by atoms with Gasteiger partial charge in [0.15, 0.2) is 0 Å². The highest BCUT2D eigenvalue weighted by Gasteiger charge is 2.39. The molecule has 1 saturated heterocycles. The SMILES string of the molecule is COC1CC(C(=O)O)N(C(=O)CSc2ccc(F)cc2)C1. The van der Waals surface area contributed by atoms with E-state index >= 15 is 0 Å². The molecule has 21 heavy (non-hydrogen) atoms. The summed E-state index contributed by atoms with van der Waals surface area (Å²) in [6, 6.07) is 4.98. The number of nitrogens with zero attached hydrogens (tertiary/aromatic N) is 1. The largest absolute Gasteiger partial charge is 0.480 e. The fourth-order valence-corrected chi connectivity index (χ4v) is 3.02. The molecule has 2 unspecified atom stereocenters. The first kappa shape index (κ1) is 15.8. The van der Waals surface area contributed by atoms with Gasteiger partial charge in [-0.05, 0) is 24.3 Å². The van der Waals surface area contributed by atoms with Crippen molar-refractivity contribution in [3.05, 3.63) is 30.1 Å². The highest BCUT2D eigenvalue weighted by molar-refractivity contribution is 8.00. The van der Waals surface area contributed by atoms with Gasteiger partial charge in [0.2, 0.25) is 5.91 Å². The molecule has 0 spiro atoms. The number of ether oxygens (including phenoxy) is 1. The van der Waals surface area contributed by atoms with Gasteiger partial charge in [0.1, 0.15) is 11.9 Å². The molecule has 0 bridgehead atoms. The van der Waals surface area contributed by atoms with Crippen LogP contribution in [0, 0.1) is 5.82 Å². The van der Waals surface area contributed by atoms with E-state index in [0.717, 1.165) is 4.90 Å². The topological polar surface area (TPSA) is 66.8 Å². The number of halogens is 1. The molecule has 1 N–H and O–H groups in total. The minimum absolute atomic E-state index is 0.117. The van der Waals surface area contributed by atoms with E-state index in [1.165, 1.54) is 35.9 Å². The molecule has 0 saturated carbocycles. The van der Waals surface area contributed by atoms with Crippen LogP contribution in [0.15, 0.2) is 29.2 Å². The predicted molar refractivity (Wildman–Crippen MR) is 75.7 cm³/mol. The Hall–Kier alpha value is -1.60. The van der Waals surface area contributed by atoms with Crippen LogP contribution in [-0.4, -0.2) is 53.4 Å². The highest BCUT2D eigenvalue weighted by atomic mass is 32.2. The molecule has 1 aromatic rings. The van der Waals surface area contributed by atoms with Crippen LogP contribution in [0.3, 0.4) is 0 Å². The number of likely N-dealkylation sites (tertiary alicyclic amines) is 1. The number of methoxy groups -OCH3 is 1. The van der Waals surface area contributed by atoms with Crippen LogP contribution < -0.4 is 0 Å². The lowest BCUT2D eigenvalue weighted by Crippen LogP contribution is -2.41. The first-order valence-corrected chi connectivity index (χ1v) is 7.43. The van der Waals surface area contributed by atoms with E-state index in [0.29, 0.717) is 6.42 Å². The molecule has 0 aliphatic carbocycles. The van der Waals surface area contributed by atoms with Crippen molar-refractivity contribution in [2.75, 3.05) is 19.4 Å². The summed E-state index contributed by atoms with van der Waals surface area (Å²) in [5.41, 5.74) is 0. The molecule has 7 heteroatoms. The maximum absolute atomic E-state index is 12.8. The number of amides is 1. The van der Waals surface area contributed by atoms with Gasteiger partial charge in [0.25, 0.3) is 0 Å². The Morgan fingerprint density at radius 3 is 2.67 bits per heavy atom. The fourth-order valence-electron chi connectivity index (χ4n) is 2.24. The second-order valence-corrected chi connectivity index (χ2v) is 5.78. The molecule has 114 valence electrons. The molecule has 0 radical (unpaired) electrons. The number of carboxylic acids is 1. The Balaban J connectivity index is 1.95. The van der Waals surface area contributed by atoms with E-state index in [1.807, 2.05) is 0 Å². The third-order valence-corrected chi connectivity index (χ3v) is 4.37. The van der Waals surface area contributed by atoms with Gasteiger partial charge in [-0.1, -0.05) is 0 Å². The van der Waals surface area contributed by atoms with E-state index in [-0.39, 0.29) is 30.1 Å². The molecule has 2 atom stereocenters. The molecule has 1 aliphatic heterocycles. The van der Waals surface area contributed by atoms with Crippen LogP contribution in [0.5, 0.6) is 0 Å². The molecule has 1 aliphatic rings. The van der Waals surface area contributed by atoms with Crippen molar-refractivity contribution in [3.8, 4) is 0 Å². The summed E-state index contributed by atoms with van der Waals surface area (Å²) in [6.07, 6.45) is 0.0598. The lowest BCUT2D eigenvalue weighted by atomic mass is 10.2. The second kappa shape index (κ2) is 6.91. The van der Waals surface area contributed by atoms with Crippen molar-refractivity contribution in [2.45, 2.75) is 23.5 Å². The van der Waals surface area contributed by atoms with Crippen LogP contribution in [0.1, 0.15) is 6.42 Å². The quantitative estimate of drug-likeness (QED) is 0.837. The minimum Gasteiger partial charge on any atom is -0.480 e. The van der Waals surface area contributed by atoms with E-state index in [4.69, 9.17) is 9.84 Å². The smallest absolute Gasteiger partial charge is 0.326 e. The molecule has 1 aromatic carbocycles. The van der Waals surface area contributed by atoms with Crippen molar-refractivity contribution >= 4 is 23.6 Å². The standard InChI is InChI=1S/C14H16FNO4S/c1-20-10-6-12(14(18)19)16(7-10)13(17)8-21-11-4-2-9(15)3-5-11/h2-5,10,12H,6-8H2,1H3,(H,18,19). The molecular formula is C14H16FNO4S. The maximum Gasteiger partial charge on any atom is 0.326 e. The number of carbonyl (C=O) groups is 2. The number of thioether (sulfide) groups is 1. The van der Waals surface area contributed by atoms with Gasteiger partial charge in [0.05, 0.1) is 11.9 Å². The van der Waals surface area contributed by atoms with E-state index in [9.17, 15) is 14.0 Å². The van der Waals surface area contributed by atoms with Crippen molar-refractivity contribution in [1.29, 1.82) is 0 Å². The molecule has 0 aromatic heterocycles. The van der Waals surface area contributed by atoms with Crippen LogP contribution in [0.25, 0.3) is 0 Å². The summed E-state index contributed by atoms with van der Waals surface area (Å²) < 4.78 is 17.9. The summed E-state index contributed by atoms with van der Waals surface area (Å²) in [7, 11) is 1.50. The number of carboxylic acid groups (broad SMARTS) is 1. The van der Waals surface area contributed by atoms with Crippen LogP contribution in [0.2, 0.25) is 0 Å². The third kappa shape index (κ3) is 3.95. The lowest BCUT2D eigenvalue weighted by molar-refractivity contribution is -0.147. The zero-order chi connectivity index (χ0) is 15.4. The number of hydrogen-bond acceptors (Lipinski definition) is 4. The van der Waals surface area contributed by atoms with E-state index in [2.05, 4.69) is 0 Å². The zero-order valence-corrected chi connectivity index (χ0v) is 12.3. The Morgan fingerprint density at radius 2 is 2.10 bits per heavy atom. The number of carbonyl (C=O) groups excluding carboxylic acids is 1. The zero-order valence-electron chi connectivity index (χ0n) is 11.5. The Bertz CT molecular complexity index is 522. The Kier molecular flexibility index (Phi) is 5.19. The normalized spacial score (nSPS) is 21.5. The van der Waals surface area contributed by atoms with Crippen molar-refractivity contribution in [1.82, 2.24) is 4.90 Å². The van der Waals surface area contributed by atoms with Gasteiger partial charge in [0, 0.05) is 25.0 Å². The van der Waals surface area contributed by atoms with Gasteiger partial charge < -0.3 is 14.7 Å². The number of aliphatic carboxylic acids is 1. The molecule has 1 heterocycles. The predicted octanol–water partition coefficient (Wildman–Crippen LogP) is 1.62. The average Bonchev–Trinajstić information content (AvgIpc) is 2.91. The van der Waals surface area contributed by atoms with Gasteiger partial charge in [-0.2, -0.15) is 0 Å². The van der Waals surface area contributed by atoms with Gasteiger partial charge >= 0.3 is 5.97 Å².